The Morgan fingerprint density at radius 3 is 2.07 bits per heavy atom. The van der Waals surface area contributed by atoms with Gasteiger partial charge in [0.15, 0.2) is 0 Å². The van der Waals surface area contributed by atoms with Gasteiger partial charge in [0.05, 0.1) is 18.8 Å². The summed E-state index contributed by atoms with van der Waals surface area (Å²) in [6, 6.07) is 14.0. The van der Waals surface area contributed by atoms with Crippen LogP contribution in [-0.4, -0.2) is 30.9 Å². The largest absolute Gasteiger partial charge is 0.494 e. The number of nitrogen functional groups attached to an aromatic ring is 1. The van der Waals surface area contributed by atoms with Crippen molar-refractivity contribution in [2.45, 2.75) is 39.0 Å². The van der Waals surface area contributed by atoms with E-state index < -0.39 is 5.97 Å². The van der Waals surface area contributed by atoms with E-state index in [9.17, 15) is 4.79 Å². The molecule has 2 aromatic rings. The van der Waals surface area contributed by atoms with Crippen LogP contribution < -0.4 is 10.5 Å². The highest BCUT2D eigenvalue weighted by Crippen LogP contribution is 2.13. The molecular formula is C24H32BrNO4. The number of unbranched alkanes of at least 4 members (excludes halogenated alkanes) is 4. The van der Waals surface area contributed by atoms with Crippen molar-refractivity contribution in [2.75, 3.05) is 25.6 Å². The molecule has 0 aliphatic rings. The van der Waals surface area contributed by atoms with Crippen molar-refractivity contribution in [3.8, 4) is 5.75 Å². The number of carboxylic acid groups (broad SMARTS) is 1. The summed E-state index contributed by atoms with van der Waals surface area (Å²) in [5.41, 5.74) is 7.55. The fraction of sp³-hybridized carbons (Fsp3) is 0.375. The Morgan fingerprint density at radius 1 is 0.967 bits per heavy atom. The second-order valence-corrected chi connectivity index (χ2v) is 7.92. The third-order valence-corrected chi connectivity index (χ3v) is 4.55. The van der Waals surface area contributed by atoms with Crippen LogP contribution in [0.4, 0.5) is 5.69 Å². The Bertz CT molecular complexity index is 724. The third-order valence-electron chi connectivity index (χ3n) is 4.02. The van der Waals surface area contributed by atoms with Gasteiger partial charge in [-0.3, -0.25) is 0 Å². The number of rotatable bonds is 12. The van der Waals surface area contributed by atoms with Crippen LogP contribution in [0.5, 0.6) is 5.75 Å². The summed E-state index contributed by atoms with van der Waals surface area (Å²) in [4.78, 5) is 10.7. The molecule has 0 aromatic heterocycles. The molecule has 6 heteroatoms. The monoisotopic (exact) mass is 477 g/mol. The second-order valence-electron chi connectivity index (χ2n) is 7.01. The number of carboxylic acids is 1. The summed E-state index contributed by atoms with van der Waals surface area (Å²) in [5, 5.41) is 8.80. The Balaban J connectivity index is 0.000000467. The molecule has 0 atom stereocenters. The number of carbonyl (C=O) groups is 1. The molecule has 0 fully saturated rings. The van der Waals surface area contributed by atoms with Crippen LogP contribution in [0.15, 0.2) is 65.2 Å². The molecule has 0 spiro atoms. The van der Waals surface area contributed by atoms with E-state index in [-0.39, 0.29) is 5.56 Å². The maximum absolute atomic E-state index is 10.7. The molecule has 0 aliphatic carbocycles. The highest BCUT2D eigenvalue weighted by atomic mass is 79.9. The van der Waals surface area contributed by atoms with Crippen molar-refractivity contribution in [1.82, 2.24) is 0 Å². The van der Waals surface area contributed by atoms with E-state index in [0.29, 0.717) is 13.2 Å². The molecule has 0 amide bonds. The number of hydrogen-bond acceptors (Lipinski definition) is 4. The second kappa shape index (κ2) is 15.5. The smallest absolute Gasteiger partial charge is 0.335 e. The maximum Gasteiger partial charge on any atom is 0.335 e. The van der Waals surface area contributed by atoms with Crippen molar-refractivity contribution < 1.29 is 19.4 Å². The zero-order valence-electron chi connectivity index (χ0n) is 17.6. The number of hydrogen-bond donors (Lipinski definition) is 2. The van der Waals surface area contributed by atoms with Crippen molar-refractivity contribution in [1.29, 1.82) is 0 Å². The first kappa shape index (κ1) is 25.7. The molecule has 2 rings (SSSR count). The number of halogens is 1. The Labute approximate surface area is 188 Å². The van der Waals surface area contributed by atoms with Crippen LogP contribution >= 0.6 is 15.9 Å². The first-order chi connectivity index (χ1) is 14.4. The Hall–Kier alpha value is -2.31. The number of nitrogens with two attached hydrogens (primary N) is 1. The van der Waals surface area contributed by atoms with Crippen LogP contribution in [0.1, 0.15) is 49.4 Å². The van der Waals surface area contributed by atoms with Crippen LogP contribution in [0.3, 0.4) is 0 Å². The summed E-state index contributed by atoms with van der Waals surface area (Å²) >= 11 is 3.29. The third kappa shape index (κ3) is 13.0. The van der Waals surface area contributed by atoms with E-state index in [2.05, 4.69) is 22.5 Å². The standard InChI is InChI=1S/C18H26O4.C6H6BrN/c1-15(2)14-21-12-6-4-3-5-7-13-22-17-10-8-16(9-11-17)18(19)20;7-5-1-3-6(8)4-2-5/h8-11H,1,3-7,12-14H2,2H3,(H,19,20);1-4H,8H2. The van der Waals surface area contributed by atoms with Gasteiger partial charge >= 0.3 is 5.97 Å². The van der Waals surface area contributed by atoms with Crippen molar-refractivity contribution in [3.05, 3.63) is 70.7 Å². The van der Waals surface area contributed by atoms with Crippen LogP contribution in [-0.2, 0) is 4.74 Å². The van der Waals surface area contributed by atoms with Crippen LogP contribution in [0.25, 0.3) is 0 Å². The fourth-order valence-corrected chi connectivity index (χ4v) is 2.69. The van der Waals surface area contributed by atoms with Crippen LogP contribution in [0, 0.1) is 0 Å². The molecule has 3 N–H and O–H groups in total. The van der Waals surface area contributed by atoms with Gasteiger partial charge in [-0.15, -0.1) is 0 Å². The fourth-order valence-electron chi connectivity index (χ4n) is 2.43. The molecule has 5 nitrogen and oxygen atoms in total. The SMILES string of the molecule is C=C(C)COCCCCCCCOc1ccc(C(=O)O)cc1.Nc1ccc(Br)cc1. The minimum atomic E-state index is -0.918. The van der Waals surface area contributed by atoms with Crippen LogP contribution in [0.2, 0.25) is 0 Å². The first-order valence-corrected chi connectivity index (χ1v) is 10.9. The summed E-state index contributed by atoms with van der Waals surface area (Å²) in [6.45, 7) is 7.89. The molecule has 2 aromatic carbocycles. The number of benzene rings is 2. The van der Waals surface area contributed by atoms with Gasteiger partial charge in [-0.25, -0.2) is 4.79 Å². The van der Waals surface area contributed by atoms with Gasteiger partial charge < -0.3 is 20.3 Å². The van der Waals surface area contributed by atoms with Gasteiger partial charge in [0.1, 0.15) is 5.75 Å². The predicted octanol–water partition coefficient (Wildman–Crippen LogP) is 6.34. The molecular weight excluding hydrogens is 446 g/mol. The van der Waals surface area contributed by atoms with Gasteiger partial charge in [-0.05, 0) is 68.3 Å². The Morgan fingerprint density at radius 2 is 1.53 bits per heavy atom. The minimum absolute atomic E-state index is 0.279. The quantitative estimate of drug-likeness (QED) is 0.211. The highest BCUT2D eigenvalue weighted by Gasteiger charge is 2.01. The topological polar surface area (TPSA) is 81.8 Å². The lowest BCUT2D eigenvalue weighted by atomic mass is 10.1. The minimum Gasteiger partial charge on any atom is -0.494 e. The predicted molar refractivity (Wildman–Crippen MR) is 126 cm³/mol. The maximum atomic E-state index is 10.7. The molecule has 0 saturated carbocycles. The average molecular weight is 478 g/mol. The number of ether oxygens (including phenoxy) is 2. The highest BCUT2D eigenvalue weighted by molar-refractivity contribution is 9.10. The van der Waals surface area contributed by atoms with E-state index in [1.807, 2.05) is 31.2 Å². The van der Waals surface area contributed by atoms with E-state index in [1.165, 1.54) is 12.8 Å². The summed E-state index contributed by atoms with van der Waals surface area (Å²) in [6.07, 6.45) is 5.58. The lowest BCUT2D eigenvalue weighted by Crippen LogP contribution is -2.00. The van der Waals surface area contributed by atoms with E-state index in [1.54, 1.807) is 24.3 Å². The van der Waals surface area contributed by atoms with E-state index in [4.69, 9.17) is 20.3 Å². The lowest BCUT2D eigenvalue weighted by Gasteiger charge is -2.07. The molecule has 0 saturated heterocycles. The molecule has 164 valence electrons. The van der Waals surface area contributed by atoms with Crippen molar-refractivity contribution in [3.63, 3.8) is 0 Å². The van der Waals surface area contributed by atoms with Gasteiger partial charge in [-0.2, -0.15) is 0 Å². The first-order valence-electron chi connectivity index (χ1n) is 10.1. The Kier molecular flexibility index (Phi) is 13.3. The normalized spacial score (nSPS) is 10.1. The zero-order chi connectivity index (χ0) is 22.2. The molecule has 0 bridgehead atoms. The van der Waals surface area contributed by atoms with E-state index >= 15 is 0 Å². The molecule has 0 aliphatic heterocycles. The lowest BCUT2D eigenvalue weighted by molar-refractivity contribution is 0.0697. The summed E-state index contributed by atoms with van der Waals surface area (Å²) < 4.78 is 12.1. The molecule has 30 heavy (non-hydrogen) atoms. The summed E-state index contributed by atoms with van der Waals surface area (Å²) in [5.74, 6) is -0.197. The average Bonchev–Trinajstić information content (AvgIpc) is 2.72. The van der Waals surface area contributed by atoms with Gasteiger partial charge in [0.25, 0.3) is 0 Å². The van der Waals surface area contributed by atoms with Crippen molar-refractivity contribution in [2.24, 2.45) is 0 Å². The number of aromatic carboxylic acids is 1. The zero-order valence-corrected chi connectivity index (χ0v) is 19.2. The molecule has 0 unspecified atom stereocenters. The molecule has 0 heterocycles. The number of anilines is 1. The van der Waals surface area contributed by atoms with E-state index in [0.717, 1.165) is 47.4 Å². The van der Waals surface area contributed by atoms with Gasteiger partial charge in [0, 0.05) is 16.8 Å². The van der Waals surface area contributed by atoms with Crippen molar-refractivity contribution >= 4 is 27.6 Å². The van der Waals surface area contributed by atoms with Gasteiger partial charge in [-0.1, -0.05) is 47.3 Å². The molecule has 0 radical (unpaired) electrons. The van der Waals surface area contributed by atoms with Gasteiger partial charge in [0.2, 0.25) is 0 Å². The summed E-state index contributed by atoms with van der Waals surface area (Å²) in [7, 11) is 0.